The minimum Gasteiger partial charge on any atom is -0.465 e. The molecule has 1 fully saturated rings. The summed E-state index contributed by atoms with van der Waals surface area (Å²) in [5.74, 6) is 0.864. The van der Waals surface area contributed by atoms with Gasteiger partial charge in [0.25, 0.3) is 0 Å². The van der Waals surface area contributed by atoms with Crippen LogP contribution in [0.2, 0.25) is 0 Å². The second-order valence-electron chi connectivity index (χ2n) is 4.11. The van der Waals surface area contributed by atoms with Gasteiger partial charge in [0.05, 0.1) is 0 Å². The minimum atomic E-state index is -0.919. The van der Waals surface area contributed by atoms with Gasteiger partial charge in [0.15, 0.2) is 0 Å². The summed E-state index contributed by atoms with van der Waals surface area (Å²) < 4.78 is 0. The third-order valence-corrected chi connectivity index (χ3v) is 2.80. The van der Waals surface area contributed by atoms with Crippen LogP contribution in [0.15, 0.2) is 0 Å². The van der Waals surface area contributed by atoms with Gasteiger partial charge in [-0.25, -0.2) is 4.79 Å². The Hall–Kier alpha value is -0.770. The van der Waals surface area contributed by atoms with Crippen molar-refractivity contribution in [2.45, 2.75) is 26.2 Å². The lowest BCUT2D eigenvalue weighted by Crippen LogP contribution is -2.35. The van der Waals surface area contributed by atoms with Gasteiger partial charge < -0.3 is 15.3 Å². The van der Waals surface area contributed by atoms with Crippen LogP contribution in [0.25, 0.3) is 0 Å². The number of carbonyl (C=O) groups is 1. The van der Waals surface area contributed by atoms with Crippen molar-refractivity contribution in [1.82, 2.24) is 10.2 Å². The second-order valence-corrected chi connectivity index (χ2v) is 4.11. The molecule has 14 heavy (non-hydrogen) atoms. The molecular weight excluding hydrogens is 180 g/mol. The van der Waals surface area contributed by atoms with E-state index in [-0.39, 0.29) is 0 Å². The predicted octanol–water partition coefficient (Wildman–Crippen LogP) is 1.38. The van der Waals surface area contributed by atoms with E-state index in [0.717, 1.165) is 18.9 Å². The molecule has 0 aromatic heterocycles. The molecule has 0 saturated carbocycles. The molecule has 0 atom stereocenters. The highest BCUT2D eigenvalue weighted by Gasteiger charge is 2.14. The Kier molecular flexibility index (Phi) is 4.73. The van der Waals surface area contributed by atoms with Crippen LogP contribution in [0.5, 0.6) is 0 Å². The molecule has 1 aliphatic rings. The first-order valence-electron chi connectivity index (χ1n) is 5.37. The first-order chi connectivity index (χ1) is 6.68. The molecule has 1 heterocycles. The van der Waals surface area contributed by atoms with E-state index in [1.807, 2.05) is 0 Å². The molecule has 4 heteroatoms. The number of likely N-dealkylation sites (tertiary alicyclic amines) is 1. The quantitative estimate of drug-likeness (QED) is 0.674. The van der Waals surface area contributed by atoms with Crippen molar-refractivity contribution < 1.29 is 9.90 Å². The fraction of sp³-hybridized carbons (Fsp3) is 0.900. The van der Waals surface area contributed by atoms with Crippen LogP contribution in [-0.2, 0) is 0 Å². The Bertz CT molecular complexity index is 177. The average Bonchev–Trinajstić information content (AvgIpc) is 2.15. The van der Waals surface area contributed by atoms with Crippen LogP contribution in [-0.4, -0.2) is 42.3 Å². The van der Waals surface area contributed by atoms with Gasteiger partial charge in [0.2, 0.25) is 0 Å². The highest BCUT2D eigenvalue weighted by Crippen LogP contribution is 2.15. The van der Waals surface area contributed by atoms with Gasteiger partial charge in [0.1, 0.15) is 0 Å². The number of nitrogens with zero attached hydrogens (tertiary/aromatic N) is 1. The molecular formula is C10H20N2O2. The fourth-order valence-corrected chi connectivity index (χ4v) is 1.78. The summed E-state index contributed by atoms with van der Waals surface area (Å²) >= 11 is 0. The van der Waals surface area contributed by atoms with Gasteiger partial charge in [-0.05, 0) is 44.8 Å². The van der Waals surface area contributed by atoms with Crippen LogP contribution >= 0.6 is 0 Å². The molecule has 2 N–H and O–H groups in total. The highest BCUT2D eigenvalue weighted by molar-refractivity contribution is 5.64. The van der Waals surface area contributed by atoms with Gasteiger partial charge in [0, 0.05) is 6.54 Å². The molecule has 1 saturated heterocycles. The summed E-state index contributed by atoms with van der Waals surface area (Å²) in [6, 6.07) is 0. The molecule has 1 rings (SSSR count). The Morgan fingerprint density at radius 1 is 1.50 bits per heavy atom. The van der Waals surface area contributed by atoms with Crippen molar-refractivity contribution in [3.8, 4) is 0 Å². The van der Waals surface area contributed by atoms with Crippen molar-refractivity contribution in [3.63, 3.8) is 0 Å². The van der Waals surface area contributed by atoms with E-state index in [0.29, 0.717) is 6.54 Å². The molecule has 0 aromatic rings. The van der Waals surface area contributed by atoms with E-state index in [9.17, 15) is 4.79 Å². The largest absolute Gasteiger partial charge is 0.465 e. The monoisotopic (exact) mass is 200 g/mol. The smallest absolute Gasteiger partial charge is 0.404 e. The number of piperidine rings is 1. The lowest BCUT2D eigenvalue weighted by molar-refractivity contribution is 0.183. The van der Waals surface area contributed by atoms with Crippen molar-refractivity contribution in [3.05, 3.63) is 0 Å². The summed E-state index contributed by atoms with van der Waals surface area (Å²) in [5.41, 5.74) is 0. The predicted molar refractivity (Wildman–Crippen MR) is 55.5 cm³/mol. The van der Waals surface area contributed by atoms with Crippen LogP contribution in [0.3, 0.4) is 0 Å². The molecule has 0 unspecified atom stereocenters. The van der Waals surface area contributed by atoms with Gasteiger partial charge in [-0.2, -0.15) is 0 Å². The van der Waals surface area contributed by atoms with Crippen LogP contribution < -0.4 is 5.32 Å². The minimum absolute atomic E-state index is 0.571. The molecule has 1 aliphatic heterocycles. The number of hydrogen-bond acceptors (Lipinski definition) is 2. The van der Waals surface area contributed by atoms with Crippen molar-refractivity contribution in [1.29, 1.82) is 0 Å². The standard InChI is InChI=1S/C10H20N2O2/c1-9-3-7-12(8-4-9)6-2-5-11-10(13)14/h9,11H,2-8H2,1H3,(H,13,14). The molecule has 0 bridgehead atoms. The zero-order valence-corrected chi connectivity index (χ0v) is 8.83. The van der Waals surface area contributed by atoms with E-state index in [1.54, 1.807) is 0 Å². The number of hydrogen-bond donors (Lipinski definition) is 2. The van der Waals surface area contributed by atoms with E-state index in [1.165, 1.54) is 25.9 Å². The zero-order chi connectivity index (χ0) is 10.4. The Balaban J connectivity index is 1.99. The van der Waals surface area contributed by atoms with Gasteiger partial charge >= 0.3 is 6.09 Å². The lowest BCUT2D eigenvalue weighted by Gasteiger charge is -2.29. The van der Waals surface area contributed by atoms with Crippen molar-refractivity contribution in [2.75, 3.05) is 26.2 Å². The second kappa shape index (κ2) is 5.86. The summed E-state index contributed by atoms with van der Waals surface area (Å²) in [6.07, 6.45) is 2.57. The van der Waals surface area contributed by atoms with Gasteiger partial charge in [-0.15, -0.1) is 0 Å². The normalized spacial score (nSPS) is 19.5. The summed E-state index contributed by atoms with van der Waals surface area (Å²) in [5, 5.41) is 10.7. The molecule has 4 nitrogen and oxygen atoms in total. The first kappa shape index (κ1) is 11.3. The molecule has 1 amide bonds. The van der Waals surface area contributed by atoms with Crippen LogP contribution in [0.4, 0.5) is 4.79 Å². The first-order valence-corrected chi connectivity index (χ1v) is 5.37. The van der Waals surface area contributed by atoms with E-state index >= 15 is 0 Å². The number of nitrogens with one attached hydrogen (secondary N) is 1. The van der Waals surface area contributed by atoms with Crippen molar-refractivity contribution in [2.24, 2.45) is 5.92 Å². The Morgan fingerprint density at radius 3 is 2.71 bits per heavy atom. The molecule has 82 valence electrons. The third-order valence-electron chi connectivity index (χ3n) is 2.80. The maximum absolute atomic E-state index is 10.2. The fourth-order valence-electron chi connectivity index (χ4n) is 1.78. The number of amides is 1. The Labute approximate surface area is 85.3 Å². The van der Waals surface area contributed by atoms with Gasteiger partial charge in [-0.1, -0.05) is 6.92 Å². The highest BCUT2D eigenvalue weighted by atomic mass is 16.4. The summed E-state index contributed by atoms with van der Waals surface area (Å²) in [7, 11) is 0. The number of carboxylic acid groups (broad SMARTS) is 1. The Morgan fingerprint density at radius 2 is 2.14 bits per heavy atom. The molecule has 0 aliphatic carbocycles. The zero-order valence-electron chi connectivity index (χ0n) is 8.83. The summed E-state index contributed by atoms with van der Waals surface area (Å²) in [6.45, 7) is 6.24. The average molecular weight is 200 g/mol. The van der Waals surface area contributed by atoms with E-state index in [4.69, 9.17) is 5.11 Å². The third kappa shape index (κ3) is 4.46. The number of rotatable bonds is 4. The SMILES string of the molecule is CC1CCN(CCCNC(=O)O)CC1. The lowest BCUT2D eigenvalue weighted by atomic mass is 9.99. The summed E-state index contributed by atoms with van der Waals surface area (Å²) in [4.78, 5) is 12.6. The van der Waals surface area contributed by atoms with E-state index < -0.39 is 6.09 Å². The maximum Gasteiger partial charge on any atom is 0.404 e. The maximum atomic E-state index is 10.2. The van der Waals surface area contributed by atoms with Crippen LogP contribution in [0.1, 0.15) is 26.2 Å². The van der Waals surface area contributed by atoms with Gasteiger partial charge in [-0.3, -0.25) is 0 Å². The molecule has 0 spiro atoms. The molecule has 0 aromatic carbocycles. The molecule has 0 radical (unpaired) electrons. The van der Waals surface area contributed by atoms with Crippen LogP contribution in [0, 0.1) is 5.92 Å². The topological polar surface area (TPSA) is 52.6 Å². The van der Waals surface area contributed by atoms with E-state index in [2.05, 4.69) is 17.1 Å². The van der Waals surface area contributed by atoms with Crippen molar-refractivity contribution >= 4 is 6.09 Å².